The number of hydrogen-bond acceptors (Lipinski definition) is 5. The van der Waals surface area contributed by atoms with Crippen LogP contribution in [-0.2, 0) is 24.1 Å². The fraction of sp³-hybridized carbons (Fsp3) is 0.423. The lowest BCUT2D eigenvalue weighted by atomic mass is 10.1. The number of rotatable bonds is 4. The van der Waals surface area contributed by atoms with Crippen LogP contribution in [0.1, 0.15) is 42.3 Å². The van der Waals surface area contributed by atoms with E-state index in [4.69, 9.17) is 9.47 Å². The summed E-state index contributed by atoms with van der Waals surface area (Å²) in [6.45, 7) is 7.83. The molecule has 0 N–H and O–H groups in total. The Morgan fingerprint density at radius 2 is 1.97 bits per heavy atom. The number of nitrogens with zero attached hydrogens (tertiary/aromatic N) is 3. The summed E-state index contributed by atoms with van der Waals surface area (Å²) in [6, 6.07) is 10.1. The predicted octanol–water partition coefficient (Wildman–Crippen LogP) is 3.21. The van der Waals surface area contributed by atoms with E-state index in [-0.39, 0.29) is 23.0 Å². The van der Waals surface area contributed by atoms with Gasteiger partial charge in [-0.1, -0.05) is 24.3 Å². The van der Waals surface area contributed by atoms with Crippen LogP contribution in [0.15, 0.2) is 47.5 Å². The molecule has 7 heteroatoms. The number of aryl methyl sites for hydroxylation is 1. The first-order valence-electron chi connectivity index (χ1n) is 11.5. The first-order valence-corrected chi connectivity index (χ1v) is 11.5. The number of carbonyl (C=O) groups excluding carboxylic acids is 1. The number of carbonyl (C=O) groups is 1. The second-order valence-electron chi connectivity index (χ2n) is 9.45. The quantitative estimate of drug-likeness (QED) is 0.614. The van der Waals surface area contributed by atoms with Crippen molar-refractivity contribution in [1.29, 1.82) is 0 Å². The van der Waals surface area contributed by atoms with Crippen LogP contribution >= 0.6 is 0 Å². The molecule has 5 rings (SSSR count). The summed E-state index contributed by atoms with van der Waals surface area (Å²) in [5, 5.41) is 0.406. The molecular formula is C26H29N3O4. The molecule has 3 aromatic rings. The average Bonchev–Trinajstić information content (AvgIpc) is 3.21. The van der Waals surface area contributed by atoms with E-state index in [2.05, 4.69) is 17.1 Å². The average molecular weight is 448 g/mol. The molecule has 0 atom stereocenters. The highest BCUT2D eigenvalue weighted by molar-refractivity contribution is 5.97. The highest BCUT2D eigenvalue weighted by Crippen LogP contribution is 2.27. The molecule has 0 saturated carbocycles. The van der Waals surface area contributed by atoms with Gasteiger partial charge < -0.3 is 18.9 Å². The number of pyridine rings is 2. The molecule has 0 bridgehead atoms. The molecule has 0 unspecified atom stereocenters. The Hall–Kier alpha value is -3.19. The lowest BCUT2D eigenvalue weighted by Crippen LogP contribution is -2.51. The first kappa shape index (κ1) is 21.6. The fourth-order valence-electron chi connectivity index (χ4n) is 4.87. The van der Waals surface area contributed by atoms with Gasteiger partial charge in [0.2, 0.25) is 5.43 Å². The Balaban J connectivity index is 1.47. The number of amides is 1. The normalized spacial score (nSPS) is 17.8. The van der Waals surface area contributed by atoms with Crippen molar-refractivity contribution in [3.8, 4) is 5.75 Å². The number of benzene rings is 1. The largest absolute Gasteiger partial charge is 0.488 e. The van der Waals surface area contributed by atoms with E-state index in [9.17, 15) is 9.59 Å². The number of ether oxygens (including phenoxy) is 2. The van der Waals surface area contributed by atoms with Crippen molar-refractivity contribution in [2.45, 2.75) is 51.9 Å². The first-order chi connectivity index (χ1) is 15.8. The van der Waals surface area contributed by atoms with Crippen LogP contribution in [0.2, 0.25) is 0 Å². The third kappa shape index (κ3) is 4.13. The van der Waals surface area contributed by atoms with Gasteiger partial charge in [-0.3, -0.25) is 9.59 Å². The maximum atomic E-state index is 13.4. The van der Waals surface area contributed by atoms with Crippen molar-refractivity contribution < 1.29 is 14.3 Å². The molecule has 1 saturated heterocycles. The molecule has 172 valence electrons. The zero-order valence-corrected chi connectivity index (χ0v) is 19.3. The number of fused-ring (bicyclic) bond motifs is 2. The highest BCUT2D eigenvalue weighted by atomic mass is 16.5. The molecular weight excluding hydrogens is 418 g/mol. The molecule has 1 aliphatic carbocycles. The van der Waals surface area contributed by atoms with Gasteiger partial charge in [-0.2, -0.15) is 0 Å². The van der Waals surface area contributed by atoms with Gasteiger partial charge in [-0.15, -0.1) is 0 Å². The summed E-state index contributed by atoms with van der Waals surface area (Å²) in [5.41, 5.74) is 2.57. The Kier molecular flexibility index (Phi) is 5.44. The van der Waals surface area contributed by atoms with Crippen molar-refractivity contribution in [2.75, 3.05) is 19.7 Å². The molecule has 1 fully saturated rings. The SMILES string of the molecule is CCn1cc(C(=O)N2CCOC(C)(C)C2)c(=O)c2cc(OC3Cc4ccccc4C3)cnc21. The molecule has 2 aromatic heterocycles. The smallest absolute Gasteiger partial charge is 0.259 e. The monoisotopic (exact) mass is 447 g/mol. The summed E-state index contributed by atoms with van der Waals surface area (Å²) in [7, 11) is 0. The van der Waals surface area contributed by atoms with Gasteiger partial charge in [-0.05, 0) is 38.0 Å². The second-order valence-corrected chi connectivity index (χ2v) is 9.45. The van der Waals surface area contributed by atoms with Gasteiger partial charge >= 0.3 is 0 Å². The number of aromatic nitrogens is 2. The zero-order chi connectivity index (χ0) is 23.2. The lowest BCUT2D eigenvalue weighted by Gasteiger charge is -2.38. The van der Waals surface area contributed by atoms with Crippen LogP contribution in [0.5, 0.6) is 5.75 Å². The summed E-state index contributed by atoms with van der Waals surface area (Å²) in [6.07, 6.45) is 4.98. The third-order valence-electron chi connectivity index (χ3n) is 6.49. The summed E-state index contributed by atoms with van der Waals surface area (Å²) < 4.78 is 13.8. The predicted molar refractivity (Wildman–Crippen MR) is 126 cm³/mol. The van der Waals surface area contributed by atoms with Crippen molar-refractivity contribution in [1.82, 2.24) is 14.5 Å². The van der Waals surface area contributed by atoms with Crippen molar-refractivity contribution in [2.24, 2.45) is 0 Å². The van der Waals surface area contributed by atoms with E-state index in [0.717, 1.165) is 12.8 Å². The van der Waals surface area contributed by atoms with Gasteiger partial charge in [0, 0.05) is 38.7 Å². The van der Waals surface area contributed by atoms with Crippen molar-refractivity contribution in [3.05, 3.63) is 69.6 Å². The number of morpholine rings is 1. The third-order valence-corrected chi connectivity index (χ3v) is 6.49. The summed E-state index contributed by atoms with van der Waals surface area (Å²) in [5.74, 6) is 0.287. The van der Waals surface area contributed by atoms with E-state index in [1.165, 1.54) is 11.1 Å². The van der Waals surface area contributed by atoms with Crippen LogP contribution < -0.4 is 10.2 Å². The van der Waals surface area contributed by atoms with Gasteiger partial charge in [0.15, 0.2) is 0 Å². The summed E-state index contributed by atoms with van der Waals surface area (Å²) >= 11 is 0. The molecule has 0 radical (unpaired) electrons. The lowest BCUT2D eigenvalue weighted by molar-refractivity contribution is -0.0764. The Labute approximate surface area is 192 Å². The standard InChI is InChI=1S/C26H29N3O4/c1-4-28-15-22(25(31)29-9-10-32-26(2,3)16-29)23(30)21-13-20(14-27-24(21)28)33-19-11-17-7-5-6-8-18(17)12-19/h5-8,13-15,19H,4,9-12,16H2,1-3H3. The van der Waals surface area contributed by atoms with Crippen LogP contribution in [0.25, 0.3) is 11.0 Å². The molecule has 7 nitrogen and oxygen atoms in total. The van der Waals surface area contributed by atoms with E-state index in [1.54, 1.807) is 23.4 Å². The molecule has 33 heavy (non-hydrogen) atoms. The van der Waals surface area contributed by atoms with Gasteiger partial charge in [0.1, 0.15) is 23.1 Å². The maximum Gasteiger partial charge on any atom is 0.259 e. The van der Waals surface area contributed by atoms with Crippen LogP contribution in [0, 0.1) is 0 Å². The molecule has 1 aliphatic heterocycles. The maximum absolute atomic E-state index is 13.4. The van der Waals surface area contributed by atoms with Gasteiger partial charge in [0.05, 0.1) is 23.8 Å². The minimum atomic E-state index is -0.435. The van der Waals surface area contributed by atoms with E-state index < -0.39 is 5.60 Å². The van der Waals surface area contributed by atoms with E-state index in [0.29, 0.717) is 43.0 Å². The molecule has 3 heterocycles. The topological polar surface area (TPSA) is 73.7 Å². The van der Waals surface area contributed by atoms with Gasteiger partial charge in [-0.25, -0.2) is 4.98 Å². The molecule has 2 aliphatic rings. The second kappa shape index (κ2) is 8.30. The zero-order valence-electron chi connectivity index (χ0n) is 19.3. The Morgan fingerprint density at radius 1 is 1.24 bits per heavy atom. The van der Waals surface area contributed by atoms with Gasteiger partial charge in [0.25, 0.3) is 5.91 Å². The van der Waals surface area contributed by atoms with Crippen LogP contribution in [-0.4, -0.2) is 51.8 Å². The van der Waals surface area contributed by atoms with Crippen LogP contribution in [0.3, 0.4) is 0 Å². The number of hydrogen-bond donors (Lipinski definition) is 0. The molecule has 1 amide bonds. The van der Waals surface area contributed by atoms with Crippen molar-refractivity contribution in [3.63, 3.8) is 0 Å². The van der Waals surface area contributed by atoms with Crippen LogP contribution in [0.4, 0.5) is 0 Å². The fourth-order valence-corrected chi connectivity index (χ4v) is 4.87. The molecule has 0 spiro atoms. The van der Waals surface area contributed by atoms with Crippen molar-refractivity contribution >= 4 is 16.9 Å². The molecule has 1 aromatic carbocycles. The minimum absolute atomic E-state index is 0.00967. The summed E-state index contributed by atoms with van der Waals surface area (Å²) in [4.78, 5) is 33.0. The van der Waals surface area contributed by atoms with E-state index >= 15 is 0 Å². The minimum Gasteiger partial charge on any atom is -0.488 e. The van der Waals surface area contributed by atoms with E-state index in [1.807, 2.05) is 37.5 Å². The highest BCUT2D eigenvalue weighted by Gasteiger charge is 2.32. The Bertz CT molecular complexity index is 1260. The Morgan fingerprint density at radius 3 is 2.64 bits per heavy atom.